The molecule has 204 valence electrons. The van der Waals surface area contributed by atoms with Crippen LogP contribution in [0.2, 0.25) is 0 Å². The van der Waals surface area contributed by atoms with Gasteiger partial charge >= 0.3 is 6.09 Å². The maximum absolute atomic E-state index is 15.3. The number of piperidine rings is 1. The molecule has 0 aliphatic carbocycles. The van der Waals surface area contributed by atoms with E-state index in [1.54, 1.807) is 25.4 Å². The largest absolute Gasteiger partial charge is 0.465 e. The van der Waals surface area contributed by atoms with Gasteiger partial charge in [-0.1, -0.05) is 17.4 Å². The van der Waals surface area contributed by atoms with E-state index >= 15 is 4.39 Å². The topological polar surface area (TPSA) is 99.4 Å². The van der Waals surface area contributed by atoms with Crippen molar-refractivity contribution in [2.45, 2.75) is 37.5 Å². The smallest absolute Gasteiger partial charge is 0.407 e. The summed E-state index contributed by atoms with van der Waals surface area (Å²) in [5.41, 5.74) is 2.95. The van der Waals surface area contributed by atoms with E-state index in [2.05, 4.69) is 22.2 Å². The number of hydrogen-bond acceptors (Lipinski definition) is 6. The first-order valence-electron chi connectivity index (χ1n) is 13.0. The Labute approximate surface area is 228 Å². The standard InChI is InChI=1S/C28H30FN5O4S/c1-32-9-7-18(8-10-32)30-26(35)17-4-6-23-25(12-17)39-27-31-22(15-33(23)27)20-5-3-16(11-21(20)29)24-13-19(38-2)14-34(24)28(36)37/h3-6,11-12,15,18-19,24H,7-10,13-14H2,1-2H3,(H,30,35)(H,36,37). The lowest BCUT2D eigenvalue weighted by atomic mass is 10.0. The highest BCUT2D eigenvalue weighted by Crippen LogP contribution is 2.36. The molecule has 2 aliphatic heterocycles. The lowest BCUT2D eigenvalue weighted by molar-refractivity contribution is 0.0917. The van der Waals surface area contributed by atoms with Crippen LogP contribution < -0.4 is 5.32 Å². The van der Waals surface area contributed by atoms with Crippen molar-refractivity contribution in [1.82, 2.24) is 24.5 Å². The summed E-state index contributed by atoms with van der Waals surface area (Å²) in [5, 5.41) is 12.7. The van der Waals surface area contributed by atoms with Gasteiger partial charge in [0.25, 0.3) is 5.91 Å². The van der Waals surface area contributed by atoms with Crippen LogP contribution in [0.3, 0.4) is 0 Å². The quantitative estimate of drug-likeness (QED) is 0.376. The normalized spacial score (nSPS) is 20.7. The zero-order valence-corrected chi connectivity index (χ0v) is 22.6. The number of aromatic nitrogens is 2. The first kappa shape index (κ1) is 25.7. The van der Waals surface area contributed by atoms with Crippen LogP contribution in [0.4, 0.5) is 9.18 Å². The van der Waals surface area contributed by atoms with E-state index in [0.717, 1.165) is 36.1 Å². The second kappa shape index (κ2) is 10.2. The summed E-state index contributed by atoms with van der Waals surface area (Å²) in [6.07, 6.45) is 2.90. The van der Waals surface area contributed by atoms with Crippen molar-refractivity contribution in [3.63, 3.8) is 0 Å². The molecule has 4 aromatic rings. The molecule has 0 saturated carbocycles. The molecule has 11 heteroatoms. The highest BCUT2D eigenvalue weighted by atomic mass is 32.1. The molecule has 2 amide bonds. The van der Waals surface area contributed by atoms with Gasteiger partial charge in [0.15, 0.2) is 4.96 Å². The summed E-state index contributed by atoms with van der Waals surface area (Å²) in [7, 11) is 3.65. The van der Waals surface area contributed by atoms with Gasteiger partial charge in [-0.05, 0) is 68.9 Å². The third-order valence-corrected chi connectivity index (χ3v) is 8.92. The molecule has 2 atom stereocenters. The van der Waals surface area contributed by atoms with Gasteiger partial charge < -0.3 is 20.1 Å². The summed E-state index contributed by atoms with van der Waals surface area (Å²) in [6, 6.07) is 10.2. The van der Waals surface area contributed by atoms with Gasteiger partial charge in [-0.25, -0.2) is 14.2 Å². The van der Waals surface area contributed by atoms with Crippen LogP contribution in [0.15, 0.2) is 42.6 Å². The summed E-state index contributed by atoms with van der Waals surface area (Å²) < 4.78 is 23.5. The number of fused-ring (bicyclic) bond motifs is 3. The van der Waals surface area contributed by atoms with E-state index < -0.39 is 18.0 Å². The first-order chi connectivity index (χ1) is 18.8. The number of hydrogen-bond donors (Lipinski definition) is 2. The Morgan fingerprint density at radius 1 is 1.18 bits per heavy atom. The van der Waals surface area contributed by atoms with Gasteiger partial charge in [-0.3, -0.25) is 14.1 Å². The number of imidazole rings is 1. The molecule has 2 N–H and O–H groups in total. The molecule has 2 unspecified atom stereocenters. The summed E-state index contributed by atoms with van der Waals surface area (Å²) in [5.74, 6) is -0.525. The molecular weight excluding hydrogens is 521 g/mol. The van der Waals surface area contributed by atoms with Crippen molar-refractivity contribution < 1.29 is 23.8 Å². The zero-order chi connectivity index (χ0) is 27.3. The van der Waals surface area contributed by atoms with Crippen molar-refractivity contribution in [2.24, 2.45) is 0 Å². The van der Waals surface area contributed by atoms with Gasteiger partial charge in [0.05, 0.1) is 34.6 Å². The molecule has 6 rings (SSSR count). The number of ether oxygens (including phenoxy) is 1. The fourth-order valence-corrected chi connectivity index (χ4v) is 6.68. The fourth-order valence-electron chi connectivity index (χ4n) is 5.64. The van der Waals surface area contributed by atoms with E-state index in [1.807, 2.05) is 22.6 Å². The predicted octanol–water partition coefficient (Wildman–Crippen LogP) is 4.62. The van der Waals surface area contributed by atoms with Gasteiger partial charge in [-0.2, -0.15) is 0 Å². The molecular formula is C28H30FN5O4S. The first-order valence-corrected chi connectivity index (χ1v) is 13.9. The van der Waals surface area contributed by atoms with E-state index in [0.29, 0.717) is 33.8 Å². The fraction of sp³-hybridized carbons (Fsp3) is 0.393. The van der Waals surface area contributed by atoms with Crippen LogP contribution in [0.5, 0.6) is 0 Å². The number of methoxy groups -OCH3 is 1. The number of likely N-dealkylation sites (tertiary alicyclic amines) is 2. The highest BCUT2D eigenvalue weighted by Gasteiger charge is 2.36. The Morgan fingerprint density at radius 3 is 2.69 bits per heavy atom. The maximum Gasteiger partial charge on any atom is 0.407 e. The summed E-state index contributed by atoms with van der Waals surface area (Å²) in [6.45, 7) is 2.21. The summed E-state index contributed by atoms with van der Waals surface area (Å²) in [4.78, 5) is 33.5. The average Bonchev–Trinajstić information content (AvgIpc) is 3.62. The van der Waals surface area contributed by atoms with Crippen molar-refractivity contribution in [1.29, 1.82) is 0 Å². The summed E-state index contributed by atoms with van der Waals surface area (Å²) >= 11 is 1.45. The van der Waals surface area contributed by atoms with Crippen LogP contribution in [0.1, 0.15) is 41.2 Å². The van der Waals surface area contributed by atoms with Crippen LogP contribution >= 0.6 is 11.3 Å². The lowest BCUT2D eigenvalue weighted by Gasteiger charge is -2.29. The molecule has 4 heterocycles. The number of carboxylic acid groups (broad SMARTS) is 1. The number of nitrogens with zero attached hydrogens (tertiary/aromatic N) is 4. The molecule has 0 radical (unpaired) electrons. The highest BCUT2D eigenvalue weighted by molar-refractivity contribution is 7.23. The molecule has 9 nitrogen and oxygen atoms in total. The number of carbonyl (C=O) groups is 2. The van der Waals surface area contributed by atoms with E-state index in [9.17, 15) is 14.7 Å². The molecule has 2 aromatic carbocycles. The molecule has 0 bridgehead atoms. The minimum atomic E-state index is -1.05. The lowest BCUT2D eigenvalue weighted by Crippen LogP contribution is -2.43. The van der Waals surface area contributed by atoms with Crippen LogP contribution in [-0.4, -0.2) is 82.2 Å². The van der Waals surface area contributed by atoms with Gasteiger partial charge in [0, 0.05) is 36.9 Å². The van der Waals surface area contributed by atoms with Crippen molar-refractivity contribution in [3.8, 4) is 11.3 Å². The Bertz CT molecular complexity index is 1560. The molecule has 2 aromatic heterocycles. The molecule has 0 spiro atoms. The van der Waals surface area contributed by atoms with Gasteiger partial charge in [0.1, 0.15) is 5.82 Å². The SMILES string of the molecule is COC1CC(c2ccc(-c3cn4c(n3)sc3cc(C(=O)NC5CCN(C)CC5)ccc34)c(F)c2)N(C(=O)O)C1. The zero-order valence-electron chi connectivity index (χ0n) is 21.8. The molecule has 39 heavy (non-hydrogen) atoms. The van der Waals surface area contributed by atoms with E-state index in [1.165, 1.54) is 22.3 Å². The Hall–Kier alpha value is -3.54. The Morgan fingerprint density at radius 2 is 1.97 bits per heavy atom. The minimum Gasteiger partial charge on any atom is -0.465 e. The van der Waals surface area contributed by atoms with E-state index in [-0.39, 0.29) is 24.6 Å². The Balaban J connectivity index is 1.23. The van der Waals surface area contributed by atoms with Crippen molar-refractivity contribution in [3.05, 3.63) is 59.5 Å². The van der Waals surface area contributed by atoms with Crippen molar-refractivity contribution >= 4 is 38.5 Å². The molecule has 2 fully saturated rings. The third-order valence-electron chi connectivity index (χ3n) is 7.91. The number of carbonyl (C=O) groups excluding carboxylic acids is 1. The van der Waals surface area contributed by atoms with Crippen molar-refractivity contribution in [2.75, 3.05) is 33.8 Å². The van der Waals surface area contributed by atoms with Crippen LogP contribution in [0, 0.1) is 5.82 Å². The third kappa shape index (κ3) is 4.86. The Kier molecular flexibility index (Phi) is 6.74. The predicted molar refractivity (Wildman–Crippen MR) is 147 cm³/mol. The molecule has 2 aliphatic rings. The number of benzene rings is 2. The second-order valence-corrected chi connectivity index (χ2v) is 11.4. The minimum absolute atomic E-state index is 0.0686. The number of nitrogens with one attached hydrogen (secondary N) is 1. The number of thiazole rings is 1. The average molecular weight is 552 g/mol. The van der Waals surface area contributed by atoms with Gasteiger partial charge in [-0.15, -0.1) is 0 Å². The maximum atomic E-state index is 15.3. The number of amides is 2. The van der Waals surface area contributed by atoms with Gasteiger partial charge in [0.2, 0.25) is 0 Å². The monoisotopic (exact) mass is 551 g/mol. The second-order valence-electron chi connectivity index (χ2n) is 10.4. The number of halogens is 1. The van der Waals surface area contributed by atoms with Crippen LogP contribution in [-0.2, 0) is 4.74 Å². The molecule has 2 saturated heterocycles. The number of rotatable bonds is 5. The van der Waals surface area contributed by atoms with E-state index in [4.69, 9.17) is 4.74 Å². The van der Waals surface area contributed by atoms with Crippen LogP contribution in [0.25, 0.3) is 26.4 Å².